The summed E-state index contributed by atoms with van der Waals surface area (Å²) in [7, 11) is 0. The zero-order valence-corrected chi connectivity index (χ0v) is 79.2. The van der Waals surface area contributed by atoms with Gasteiger partial charge in [0.2, 0.25) is 17.7 Å². The van der Waals surface area contributed by atoms with E-state index < -0.39 is 18.1 Å². The molecule has 0 fully saturated rings. The molecular formula is C106H182N7O10+. The number of carboxylic acids is 1. The summed E-state index contributed by atoms with van der Waals surface area (Å²) in [6.45, 7) is 12.5. The molecule has 17 nitrogen and oxygen atoms in total. The van der Waals surface area contributed by atoms with Crippen molar-refractivity contribution in [2.45, 2.75) is 451 Å². The van der Waals surface area contributed by atoms with Crippen LogP contribution in [-0.4, -0.2) is 111 Å². The first-order valence-electron chi connectivity index (χ1n) is 50.5. The summed E-state index contributed by atoms with van der Waals surface area (Å²) < 4.78 is 11.3. The first-order valence-corrected chi connectivity index (χ1v) is 50.5. The SMILES string of the molecule is CCCCCCCC/C=C\CCCCCCCC(=O)NCC(NC(=O)CCCCCCC/C=C\CCCCCCCC)C(=O)NCCN=Cc1ccc(C(=O)CCCCCC(C)[NH3+])cc1.CCCCCCCC/C=C\CCCCCCCC(=O)OCC(CN=Cc1ccc(CC([NH3+])C(=O)[O-])cc1)COC(=O)CCCCCCC/C=C\CCCCCCCC. The predicted molar refractivity (Wildman–Crippen MR) is 514 cm³/mol. The second kappa shape index (κ2) is 87.2. The zero-order valence-electron chi connectivity index (χ0n) is 79.2. The van der Waals surface area contributed by atoms with Crippen molar-refractivity contribution in [2.24, 2.45) is 15.9 Å². The monoisotopic (exact) mass is 1710 g/mol. The van der Waals surface area contributed by atoms with Gasteiger partial charge in [-0.1, -0.05) is 337 Å². The van der Waals surface area contributed by atoms with Crippen molar-refractivity contribution in [3.05, 3.63) is 119 Å². The van der Waals surface area contributed by atoms with Crippen LogP contribution in [0.1, 0.15) is 453 Å². The third-order valence-electron chi connectivity index (χ3n) is 22.7. The average molecular weight is 1710 g/mol. The first-order chi connectivity index (χ1) is 60.1. The van der Waals surface area contributed by atoms with E-state index in [1.807, 2.05) is 48.5 Å². The van der Waals surface area contributed by atoms with E-state index in [0.29, 0.717) is 69.8 Å². The number of carboxylic acid groups (broad SMARTS) is 1. The largest absolute Gasteiger partial charge is 0.544 e. The van der Waals surface area contributed by atoms with Gasteiger partial charge in [-0.2, -0.15) is 0 Å². The molecule has 0 aromatic heterocycles. The van der Waals surface area contributed by atoms with Crippen molar-refractivity contribution >= 4 is 53.8 Å². The van der Waals surface area contributed by atoms with Crippen LogP contribution in [0.2, 0.25) is 0 Å². The highest BCUT2D eigenvalue weighted by molar-refractivity contribution is 5.96. The third-order valence-corrected chi connectivity index (χ3v) is 22.7. The Hall–Kier alpha value is -6.85. The van der Waals surface area contributed by atoms with Gasteiger partial charge in [0, 0.05) is 82.1 Å². The molecule has 17 heteroatoms. The van der Waals surface area contributed by atoms with Crippen LogP contribution < -0.4 is 32.5 Å². The molecule has 0 bridgehead atoms. The Bertz CT molecular complexity index is 2980. The molecule has 0 heterocycles. The number of hydrogen-bond donors (Lipinski definition) is 5. The topological polar surface area (TPSA) is 277 Å². The quantitative estimate of drug-likeness (QED) is 0.0137. The minimum atomic E-state index is -1.17. The fourth-order valence-electron chi connectivity index (χ4n) is 14.7. The van der Waals surface area contributed by atoms with Crippen LogP contribution in [0.15, 0.2) is 107 Å². The van der Waals surface area contributed by atoms with Crippen LogP contribution >= 0.6 is 0 Å². The van der Waals surface area contributed by atoms with E-state index in [-0.39, 0.29) is 61.1 Å². The van der Waals surface area contributed by atoms with Crippen molar-refractivity contribution in [3.8, 4) is 0 Å². The van der Waals surface area contributed by atoms with Crippen molar-refractivity contribution < 1.29 is 59.6 Å². The summed E-state index contributed by atoms with van der Waals surface area (Å²) in [5.74, 6) is -2.29. The molecule has 3 unspecified atom stereocenters. The summed E-state index contributed by atoms with van der Waals surface area (Å²) in [4.78, 5) is 97.0. The molecule has 0 saturated heterocycles. The second-order valence-corrected chi connectivity index (χ2v) is 35.0. The second-order valence-electron chi connectivity index (χ2n) is 35.0. The minimum absolute atomic E-state index is 0.0532. The fraction of sp³-hybridized carbons (Fsp3) is 0.726. The van der Waals surface area contributed by atoms with Crippen molar-refractivity contribution in [1.82, 2.24) is 16.0 Å². The number of nitrogens with zero attached hydrogens (tertiary/aromatic N) is 2. The molecule has 700 valence electrons. The summed E-state index contributed by atoms with van der Waals surface area (Å²) >= 11 is 0. The highest BCUT2D eigenvalue weighted by Crippen LogP contribution is 2.19. The third kappa shape index (κ3) is 77.2. The van der Waals surface area contributed by atoms with Crippen LogP contribution in [0.25, 0.3) is 0 Å². The summed E-state index contributed by atoms with van der Waals surface area (Å²) in [5, 5.41) is 19.7. The van der Waals surface area contributed by atoms with E-state index in [0.717, 1.165) is 152 Å². The molecule has 0 aliphatic rings. The smallest absolute Gasteiger partial charge is 0.305 e. The van der Waals surface area contributed by atoms with E-state index in [4.69, 9.17) is 9.47 Å². The van der Waals surface area contributed by atoms with Gasteiger partial charge in [-0.05, 0) is 171 Å². The van der Waals surface area contributed by atoms with E-state index in [1.165, 1.54) is 225 Å². The van der Waals surface area contributed by atoms with Gasteiger partial charge in [0.15, 0.2) is 5.78 Å². The fourth-order valence-corrected chi connectivity index (χ4v) is 14.7. The highest BCUT2D eigenvalue weighted by Gasteiger charge is 2.22. The highest BCUT2D eigenvalue weighted by atomic mass is 16.5. The standard InChI is InChI=1S/C56H97N5O4.C50H84N2O6/c1-4-6-8-10-12-14-16-18-20-22-24-26-28-30-35-39-54(63)60-48-52(61-55(64)40-36-31-29-27-25-23-21-19-17-15-13-11-9-7-5-2)56(65)59-46-45-58-47-50-41-43-51(44-42-50)53(62)38-34-32-33-37-49(3)57;1-3-5-7-9-11-13-15-17-19-21-23-25-27-29-31-33-48(53)57-42-46(41-52-40-45-37-35-44(36-38-45)39-47(51)50(55)56)43-58-49(54)34-32-30-28-26-24-22-20-18-16-14-12-10-8-6-4-2/h18-21,41-44,47,49,52H,4-17,22-40,45-46,48,57H2,1-3H3,(H,59,65)(H,60,63)(H,61,64);17-20,35-38,40,46-47H,3-16,21-34,39,41-43,51H2,1-2H3,(H,55,56)/p+1/b20-18-,21-19-,58-47?;19-17-,20-18-,52-40?. The molecule has 2 aromatic rings. The minimum Gasteiger partial charge on any atom is -0.544 e. The maximum Gasteiger partial charge on any atom is 0.305 e. The van der Waals surface area contributed by atoms with Gasteiger partial charge >= 0.3 is 11.9 Å². The summed E-state index contributed by atoms with van der Waals surface area (Å²) in [6, 6.07) is 13.7. The Morgan fingerprint density at radius 1 is 0.390 bits per heavy atom. The Morgan fingerprint density at radius 2 is 0.724 bits per heavy atom. The first kappa shape index (κ1) is 114. The Morgan fingerprint density at radius 3 is 1.11 bits per heavy atom. The number of unbranched alkanes of at least 4 members (excludes halogenated alkanes) is 46. The lowest BCUT2D eigenvalue weighted by molar-refractivity contribution is -0.437. The van der Waals surface area contributed by atoms with Gasteiger partial charge in [-0.15, -0.1) is 0 Å². The number of Topliss-reactive ketones (excluding diaryl/α,β-unsaturated/α-hetero) is 1. The number of carbonyl (C=O) groups is 7. The maximum atomic E-state index is 13.3. The number of ketones is 1. The van der Waals surface area contributed by atoms with Crippen LogP contribution in [0.4, 0.5) is 0 Å². The van der Waals surface area contributed by atoms with Crippen molar-refractivity contribution in [1.29, 1.82) is 0 Å². The van der Waals surface area contributed by atoms with Crippen molar-refractivity contribution in [3.63, 3.8) is 0 Å². The van der Waals surface area contributed by atoms with Crippen LogP contribution in [-0.2, 0) is 44.7 Å². The van der Waals surface area contributed by atoms with Crippen LogP contribution in [0.5, 0.6) is 0 Å². The van der Waals surface area contributed by atoms with Crippen LogP contribution in [0, 0.1) is 5.92 Å². The van der Waals surface area contributed by atoms with Gasteiger partial charge in [0.1, 0.15) is 12.1 Å². The molecule has 3 atom stereocenters. The number of quaternary nitrogens is 2. The number of allylic oxidation sites excluding steroid dienone is 8. The molecule has 0 spiro atoms. The lowest BCUT2D eigenvalue weighted by Crippen LogP contribution is -2.69. The van der Waals surface area contributed by atoms with E-state index in [9.17, 15) is 38.7 Å². The molecule has 3 amide bonds. The normalized spacial score (nSPS) is 12.5. The Kier molecular flexibility index (Phi) is 81.0. The van der Waals surface area contributed by atoms with E-state index >= 15 is 0 Å². The lowest BCUT2D eigenvalue weighted by atomic mass is 10.0. The summed E-state index contributed by atoms with van der Waals surface area (Å²) in [5.41, 5.74) is 11.0. The van der Waals surface area contributed by atoms with Gasteiger partial charge < -0.3 is 46.8 Å². The molecule has 0 aliphatic heterocycles. The average Bonchev–Trinajstić information content (AvgIpc) is 0.898. The number of amides is 3. The van der Waals surface area contributed by atoms with Crippen molar-refractivity contribution in [2.75, 3.05) is 39.4 Å². The molecule has 2 rings (SSSR count). The predicted octanol–water partition coefficient (Wildman–Crippen LogP) is 23.4. The van der Waals surface area contributed by atoms with Gasteiger partial charge in [0.05, 0.1) is 31.8 Å². The van der Waals surface area contributed by atoms with E-state index in [2.05, 4.69) is 121 Å². The number of carbonyl (C=O) groups excluding carboxylic acids is 7. The molecule has 0 saturated carbocycles. The Labute approximate surface area is 750 Å². The number of aliphatic carboxylic acids is 1. The molecule has 0 radical (unpaired) electrons. The number of benzene rings is 2. The van der Waals surface area contributed by atoms with Crippen LogP contribution in [0.3, 0.4) is 0 Å². The lowest BCUT2D eigenvalue weighted by Gasteiger charge is -2.19. The molecule has 2 aromatic carbocycles. The number of nitrogens with one attached hydrogen (secondary N) is 3. The Balaban J connectivity index is 0.00000124. The molecule has 123 heavy (non-hydrogen) atoms. The van der Waals surface area contributed by atoms with E-state index in [1.54, 1.807) is 12.4 Å². The molecule has 0 aliphatic carbocycles. The molecule has 9 N–H and O–H groups in total. The van der Waals surface area contributed by atoms with Gasteiger partial charge in [0.25, 0.3) is 0 Å². The van der Waals surface area contributed by atoms with Gasteiger partial charge in [-0.25, -0.2) is 0 Å². The maximum absolute atomic E-state index is 13.3. The number of aliphatic imine (C=N–C) groups is 2. The summed E-state index contributed by atoms with van der Waals surface area (Å²) in [6.07, 6.45) is 91.3. The number of esters is 2. The zero-order chi connectivity index (χ0) is 89.4. The molecular weight excluding hydrogens is 1530 g/mol. The number of rotatable bonds is 85. The number of ether oxygens (including phenoxy) is 2. The van der Waals surface area contributed by atoms with Gasteiger partial charge in [-0.3, -0.25) is 38.8 Å². The number of hydrogen-bond acceptors (Lipinski definition) is 12.